The van der Waals surface area contributed by atoms with Crippen molar-refractivity contribution in [2.75, 3.05) is 14.2 Å². The second-order valence-corrected chi connectivity index (χ2v) is 9.63. The lowest BCUT2D eigenvalue weighted by atomic mass is 10.0. The standard InChI is InChI=1S/C32H28N4O4/c1-33-32(38)27(16-21-18-35-26-8-4-3-7-23(21)26)36-28(37)17-25-24-14-11-19-6-5-15-34-29(19)31(24)40-30(25)20-9-12-22(39-2)13-10-20/h3-15,18,27,35H,16-17H2,1-2H3,(H,33,38)(H,36,37)/t27-/m1/s1. The molecule has 8 heteroatoms. The SMILES string of the molecule is CNC(=O)[C@@H](Cc1c[nH]c2ccccc12)NC(=O)Cc1c(-c2ccc(OC)cc2)oc2c1ccc1cccnc12. The van der Waals surface area contributed by atoms with Gasteiger partial charge in [0.2, 0.25) is 11.8 Å². The quantitative estimate of drug-likeness (QED) is 0.251. The summed E-state index contributed by atoms with van der Waals surface area (Å²) >= 11 is 0. The van der Waals surface area contributed by atoms with Crippen molar-refractivity contribution in [1.29, 1.82) is 0 Å². The molecule has 0 radical (unpaired) electrons. The molecule has 200 valence electrons. The summed E-state index contributed by atoms with van der Waals surface area (Å²) in [6.07, 6.45) is 3.98. The van der Waals surface area contributed by atoms with Crippen molar-refractivity contribution in [3.8, 4) is 17.1 Å². The maximum atomic E-state index is 13.5. The highest BCUT2D eigenvalue weighted by Gasteiger charge is 2.25. The monoisotopic (exact) mass is 532 g/mol. The van der Waals surface area contributed by atoms with Crippen LogP contribution in [0.4, 0.5) is 0 Å². The van der Waals surface area contributed by atoms with Crippen molar-refractivity contribution in [3.05, 3.63) is 96.3 Å². The summed E-state index contributed by atoms with van der Waals surface area (Å²) in [7, 11) is 3.18. The molecule has 0 bridgehead atoms. The van der Waals surface area contributed by atoms with Crippen molar-refractivity contribution < 1.29 is 18.7 Å². The molecule has 0 aliphatic carbocycles. The van der Waals surface area contributed by atoms with E-state index in [4.69, 9.17) is 9.15 Å². The number of nitrogens with one attached hydrogen (secondary N) is 3. The van der Waals surface area contributed by atoms with Gasteiger partial charge in [-0.25, -0.2) is 0 Å². The van der Waals surface area contributed by atoms with Gasteiger partial charge in [-0.1, -0.05) is 36.4 Å². The largest absolute Gasteiger partial charge is 0.497 e. The number of carbonyl (C=O) groups is 2. The molecule has 6 aromatic rings. The molecule has 1 atom stereocenters. The first kappa shape index (κ1) is 25.2. The number of ether oxygens (including phenoxy) is 1. The summed E-state index contributed by atoms with van der Waals surface area (Å²) in [5.41, 5.74) is 4.82. The van der Waals surface area contributed by atoms with Gasteiger partial charge in [-0.2, -0.15) is 0 Å². The fourth-order valence-corrected chi connectivity index (χ4v) is 5.21. The molecule has 0 unspecified atom stereocenters. The number of amides is 2. The summed E-state index contributed by atoms with van der Waals surface area (Å²) < 4.78 is 11.7. The molecule has 0 fully saturated rings. The predicted molar refractivity (Wildman–Crippen MR) is 155 cm³/mol. The number of methoxy groups -OCH3 is 1. The summed E-state index contributed by atoms with van der Waals surface area (Å²) in [6.45, 7) is 0. The Kier molecular flexibility index (Phi) is 6.66. The van der Waals surface area contributed by atoms with E-state index in [9.17, 15) is 9.59 Å². The van der Waals surface area contributed by atoms with Crippen molar-refractivity contribution in [2.24, 2.45) is 0 Å². The van der Waals surface area contributed by atoms with E-state index in [1.807, 2.05) is 79.0 Å². The highest BCUT2D eigenvalue weighted by atomic mass is 16.5. The molecular formula is C32H28N4O4. The number of H-pyrrole nitrogens is 1. The number of furan rings is 1. The molecular weight excluding hydrogens is 504 g/mol. The lowest BCUT2D eigenvalue weighted by Gasteiger charge is -2.17. The Morgan fingerprint density at radius 2 is 1.82 bits per heavy atom. The smallest absolute Gasteiger partial charge is 0.242 e. The Balaban J connectivity index is 1.36. The highest BCUT2D eigenvalue weighted by molar-refractivity contribution is 6.06. The fraction of sp³-hybridized carbons (Fsp3) is 0.156. The van der Waals surface area contributed by atoms with E-state index in [1.54, 1.807) is 20.4 Å². The van der Waals surface area contributed by atoms with Crippen LogP contribution in [0.1, 0.15) is 11.1 Å². The molecule has 2 amide bonds. The summed E-state index contributed by atoms with van der Waals surface area (Å²) in [4.78, 5) is 34.2. The molecule has 0 aliphatic rings. The molecule has 3 N–H and O–H groups in total. The molecule has 0 spiro atoms. The van der Waals surface area contributed by atoms with Crippen molar-refractivity contribution >= 4 is 44.6 Å². The number of pyridine rings is 1. The first-order valence-electron chi connectivity index (χ1n) is 13.0. The first-order valence-corrected chi connectivity index (χ1v) is 13.0. The Morgan fingerprint density at radius 1 is 1.00 bits per heavy atom. The summed E-state index contributed by atoms with van der Waals surface area (Å²) in [5, 5.41) is 8.42. The Bertz CT molecular complexity index is 1850. The second kappa shape index (κ2) is 10.6. The van der Waals surface area contributed by atoms with Gasteiger partial charge in [-0.3, -0.25) is 14.6 Å². The van der Waals surface area contributed by atoms with Gasteiger partial charge in [0.25, 0.3) is 0 Å². The number of fused-ring (bicyclic) bond motifs is 4. The summed E-state index contributed by atoms with van der Waals surface area (Å²) in [6, 6.07) is 22.4. The van der Waals surface area contributed by atoms with Crippen molar-refractivity contribution in [2.45, 2.75) is 18.9 Å². The van der Waals surface area contributed by atoms with Gasteiger partial charge in [0, 0.05) is 58.7 Å². The van der Waals surface area contributed by atoms with Crippen LogP contribution in [-0.2, 0) is 22.4 Å². The molecule has 40 heavy (non-hydrogen) atoms. The van der Waals surface area contributed by atoms with Gasteiger partial charge in [0.1, 0.15) is 23.1 Å². The zero-order valence-electron chi connectivity index (χ0n) is 22.2. The third-order valence-corrected chi connectivity index (χ3v) is 7.22. The third kappa shape index (κ3) is 4.64. The van der Waals surface area contributed by atoms with Gasteiger partial charge < -0.3 is 24.8 Å². The van der Waals surface area contributed by atoms with E-state index in [-0.39, 0.29) is 18.2 Å². The molecule has 3 aromatic heterocycles. The van der Waals surface area contributed by atoms with Crippen LogP contribution < -0.4 is 15.4 Å². The molecule has 0 saturated carbocycles. The number of para-hydroxylation sites is 1. The minimum absolute atomic E-state index is 0.0219. The number of aromatic nitrogens is 2. The Hall–Kier alpha value is -5.11. The van der Waals surface area contributed by atoms with E-state index in [2.05, 4.69) is 20.6 Å². The van der Waals surface area contributed by atoms with E-state index in [1.165, 1.54) is 0 Å². The molecule has 8 nitrogen and oxygen atoms in total. The maximum Gasteiger partial charge on any atom is 0.242 e. The normalized spacial score (nSPS) is 12.1. The number of nitrogens with zero attached hydrogens (tertiary/aromatic N) is 1. The molecule has 6 rings (SSSR count). The lowest BCUT2D eigenvalue weighted by molar-refractivity contribution is -0.128. The minimum atomic E-state index is -0.748. The fourth-order valence-electron chi connectivity index (χ4n) is 5.21. The van der Waals surface area contributed by atoms with E-state index in [0.29, 0.717) is 17.8 Å². The van der Waals surface area contributed by atoms with Crippen LogP contribution in [0.25, 0.3) is 44.1 Å². The van der Waals surface area contributed by atoms with Gasteiger partial charge in [-0.05, 0) is 42.0 Å². The number of carbonyl (C=O) groups excluding carboxylic acids is 2. The number of hydrogen-bond donors (Lipinski definition) is 3. The topological polar surface area (TPSA) is 109 Å². The van der Waals surface area contributed by atoms with Crippen LogP contribution in [0.15, 0.2) is 89.6 Å². The number of hydrogen-bond acceptors (Lipinski definition) is 5. The van der Waals surface area contributed by atoms with Crippen molar-refractivity contribution in [3.63, 3.8) is 0 Å². The third-order valence-electron chi connectivity index (χ3n) is 7.22. The van der Waals surface area contributed by atoms with E-state index >= 15 is 0 Å². The zero-order valence-corrected chi connectivity index (χ0v) is 22.2. The first-order chi connectivity index (χ1) is 19.6. The molecule has 3 aromatic carbocycles. The minimum Gasteiger partial charge on any atom is -0.497 e. The summed E-state index contributed by atoms with van der Waals surface area (Å²) in [5.74, 6) is 0.754. The van der Waals surface area contributed by atoms with Crippen LogP contribution in [0.5, 0.6) is 5.75 Å². The Morgan fingerprint density at radius 3 is 2.62 bits per heavy atom. The van der Waals surface area contributed by atoms with Gasteiger partial charge >= 0.3 is 0 Å². The second-order valence-electron chi connectivity index (χ2n) is 9.63. The van der Waals surface area contributed by atoms with E-state index < -0.39 is 6.04 Å². The highest BCUT2D eigenvalue weighted by Crippen LogP contribution is 2.37. The van der Waals surface area contributed by atoms with Gasteiger partial charge in [0.15, 0.2) is 5.58 Å². The zero-order chi connectivity index (χ0) is 27.6. The van der Waals surface area contributed by atoms with E-state index in [0.717, 1.165) is 49.6 Å². The number of benzene rings is 3. The van der Waals surface area contributed by atoms with Crippen molar-refractivity contribution in [1.82, 2.24) is 20.6 Å². The van der Waals surface area contributed by atoms with Crippen LogP contribution >= 0.6 is 0 Å². The Labute approximate surface area is 230 Å². The maximum absolute atomic E-state index is 13.5. The lowest BCUT2D eigenvalue weighted by Crippen LogP contribution is -2.47. The van der Waals surface area contributed by atoms with Gasteiger partial charge in [-0.15, -0.1) is 0 Å². The number of rotatable bonds is 8. The van der Waals surface area contributed by atoms with Gasteiger partial charge in [0.05, 0.1) is 13.5 Å². The molecule has 0 aliphatic heterocycles. The molecule has 3 heterocycles. The average Bonchev–Trinajstić information content (AvgIpc) is 3.58. The van der Waals surface area contributed by atoms with Crippen LogP contribution in [-0.4, -0.2) is 42.0 Å². The predicted octanol–water partition coefficient (Wildman–Crippen LogP) is 5.15. The average molecular weight is 533 g/mol. The molecule has 0 saturated heterocycles. The van der Waals surface area contributed by atoms with Crippen LogP contribution in [0.3, 0.4) is 0 Å². The number of likely N-dealkylation sites (N-methyl/N-ethyl adjacent to an activating group) is 1. The van der Waals surface area contributed by atoms with Crippen LogP contribution in [0.2, 0.25) is 0 Å². The number of aromatic amines is 1. The van der Waals surface area contributed by atoms with Crippen LogP contribution in [0, 0.1) is 0 Å².